The third kappa shape index (κ3) is 3.94. The summed E-state index contributed by atoms with van der Waals surface area (Å²) >= 11 is 0.620. The maximum absolute atomic E-state index is 15.2. The number of hydrazone groups is 1. The molecule has 1 atom stereocenters. The number of aliphatic hydroxyl groups is 1. The third-order valence-corrected chi connectivity index (χ3v) is 6.52. The van der Waals surface area contributed by atoms with Crippen LogP contribution in [0.5, 0.6) is 0 Å². The predicted octanol–water partition coefficient (Wildman–Crippen LogP) is 6.59. The third-order valence-electron chi connectivity index (χ3n) is 5.70. The van der Waals surface area contributed by atoms with E-state index >= 15 is 8.78 Å². The van der Waals surface area contributed by atoms with Crippen LogP contribution in [-0.2, 0) is 0 Å². The molecule has 2 heterocycles. The van der Waals surface area contributed by atoms with Crippen LogP contribution in [0.1, 0.15) is 17.5 Å². The smallest absolute Gasteiger partial charge is 0.364 e. The van der Waals surface area contributed by atoms with E-state index in [0.29, 0.717) is 16.9 Å². The van der Waals surface area contributed by atoms with Gasteiger partial charge in [0, 0.05) is 17.4 Å². The van der Waals surface area contributed by atoms with Crippen LogP contribution >= 0.6 is 11.3 Å². The van der Waals surface area contributed by atoms with Gasteiger partial charge in [0.05, 0.1) is 11.4 Å². The van der Waals surface area contributed by atoms with Gasteiger partial charge in [0.2, 0.25) is 10.9 Å². The summed E-state index contributed by atoms with van der Waals surface area (Å²) in [6, 6.07) is 14.0. The summed E-state index contributed by atoms with van der Waals surface area (Å²) in [4.78, 5) is 4.07. The van der Waals surface area contributed by atoms with Crippen molar-refractivity contribution in [2.75, 3.05) is 5.01 Å². The van der Waals surface area contributed by atoms with E-state index in [0.717, 1.165) is 5.56 Å². The number of rotatable bonds is 7. The molecular weight excluding hydrogens is 518 g/mol. The molecule has 2 aromatic carbocycles. The number of aryl methyl sites for hydroxylation is 1. The average molecular weight is 535 g/mol. The number of nitrogens with zero attached hydrogens (tertiary/aromatic N) is 3. The van der Waals surface area contributed by atoms with E-state index in [1.54, 1.807) is 30.3 Å². The molecule has 4 rings (SSSR count). The Bertz CT molecular complexity index is 1260. The summed E-state index contributed by atoms with van der Waals surface area (Å²) in [5.41, 5.74) is -2.77. The Morgan fingerprint density at radius 2 is 1.56 bits per heavy atom. The van der Waals surface area contributed by atoms with Crippen LogP contribution in [0.15, 0.2) is 65.1 Å². The molecule has 0 saturated carbocycles. The standard InChI is InChI=1S/C23H17F8N3OS/c1-13-7-9-15(10-8-13)17-12-36-19(32-17)34-20(35,11-16(33-34)14-5-3-2-4-6-14)22(28,29)23(30,31)21(26,27)18(24)25/h2-10,12,18,35H,11H2,1H3/t20-/m0/s1. The summed E-state index contributed by atoms with van der Waals surface area (Å²) in [7, 11) is 0. The van der Waals surface area contributed by atoms with Gasteiger partial charge in [-0.15, -0.1) is 11.3 Å². The van der Waals surface area contributed by atoms with Crippen LogP contribution in [0.4, 0.5) is 40.3 Å². The van der Waals surface area contributed by atoms with Crippen molar-refractivity contribution in [3.05, 3.63) is 71.1 Å². The van der Waals surface area contributed by atoms with E-state index in [2.05, 4.69) is 10.1 Å². The first-order valence-electron chi connectivity index (χ1n) is 10.3. The highest BCUT2D eigenvalue weighted by atomic mass is 32.1. The lowest BCUT2D eigenvalue weighted by Crippen LogP contribution is -2.70. The number of thiazole rings is 1. The molecule has 13 heteroatoms. The van der Waals surface area contributed by atoms with Gasteiger partial charge < -0.3 is 5.11 Å². The molecule has 0 aliphatic carbocycles. The second-order valence-electron chi connectivity index (χ2n) is 8.17. The van der Waals surface area contributed by atoms with Crippen LogP contribution in [0, 0.1) is 6.92 Å². The normalized spacial score (nSPS) is 19.2. The van der Waals surface area contributed by atoms with Crippen LogP contribution in [0.2, 0.25) is 0 Å². The van der Waals surface area contributed by atoms with Crippen molar-refractivity contribution < 1.29 is 40.2 Å². The number of hydrogen-bond acceptors (Lipinski definition) is 5. The quantitative estimate of drug-likeness (QED) is 0.347. The molecule has 1 aliphatic heterocycles. The number of anilines is 1. The van der Waals surface area contributed by atoms with Gasteiger partial charge in [-0.3, -0.25) is 0 Å². The Morgan fingerprint density at radius 1 is 0.944 bits per heavy atom. The molecule has 0 amide bonds. The zero-order valence-electron chi connectivity index (χ0n) is 18.3. The molecule has 0 fully saturated rings. The maximum Gasteiger partial charge on any atom is 0.382 e. The molecule has 192 valence electrons. The average Bonchev–Trinajstić information content (AvgIpc) is 3.45. The molecular formula is C23H17F8N3OS. The largest absolute Gasteiger partial charge is 0.382 e. The summed E-state index contributed by atoms with van der Waals surface area (Å²) in [5.74, 6) is -19.2. The van der Waals surface area contributed by atoms with E-state index in [1.807, 2.05) is 6.92 Å². The van der Waals surface area contributed by atoms with Gasteiger partial charge in [-0.25, -0.2) is 13.8 Å². The zero-order valence-corrected chi connectivity index (χ0v) is 19.1. The topological polar surface area (TPSA) is 48.7 Å². The summed E-state index contributed by atoms with van der Waals surface area (Å²) < 4.78 is 112. The molecule has 3 aromatic rings. The van der Waals surface area contributed by atoms with Crippen LogP contribution in [-0.4, -0.2) is 45.7 Å². The molecule has 0 spiro atoms. The minimum absolute atomic E-state index is 0.00709. The molecule has 0 saturated heterocycles. The molecule has 0 unspecified atom stereocenters. The number of hydrogen-bond donors (Lipinski definition) is 1. The number of benzene rings is 2. The molecule has 0 bridgehead atoms. The second kappa shape index (κ2) is 8.80. The van der Waals surface area contributed by atoms with Gasteiger partial charge in [-0.2, -0.15) is 36.5 Å². The van der Waals surface area contributed by atoms with Crippen molar-refractivity contribution in [2.45, 2.75) is 43.3 Å². The summed E-state index contributed by atoms with van der Waals surface area (Å²) in [5, 5.41) is 15.6. The summed E-state index contributed by atoms with van der Waals surface area (Å²) in [6.07, 6.45) is -6.50. The molecule has 1 aliphatic rings. The van der Waals surface area contributed by atoms with Gasteiger partial charge in [0.1, 0.15) is 0 Å². The van der Waals surface area contributed by atoms with Gasteiger partial charge in [-0.1, -0.05) is 60.2 Å². The van der Waals surface area contributed by atoms with Crippen LogP contribution < -0.4 is 5.01 Å². The summed E-state index contributed by atoms with van der Waals surface area (Å²) in [6.45, 7) is 1.82. The van der Waals surface area contributed by atoms with Crippen molar-refractivity contribution in [1.82, 2.24) is 4.98 Å². The lowest BCUT2D eigenvalue weighted by atomic mass is 9.89. The molecule has 0 radical (unpaired) electrons. The van der Waals surface area contributed by atoms with E-state index in [4.69, 9.17) is 0 Å². The Labute approximate surface area is 203 Å². The first kappa shape index (κ1) is 26.0. The van der Waals surface area contributed by atoms with E-state index in [9.17, 15) is 31.4 Å². The molecule has 1 aromatic heterocycles. The van der Waals surface area contributed by atoms with E-state index in [1.165, 1.54) is 29.6 Å². The fourth-order valence-electron chi connectivity index (χ4n) is 3.60. The van der Waals surface area contributed by atoms with Crippen molar-refractivity contribution in [2.24, 2.45) is 5.10 Å². The molecule has 4 nitrogen and oxygen atoms in total. The second-order valence-corrected chi connectivity index (χ2v) is 9.01. The molecule has 36 heavy (non-hydrogen) atoms. The van der Waals surface area contributed by atoms with Crippen molar-refractivity contribution >= 4 is 22.2 Å². The fourth-order valence-corrected chi connectivity index (χ4v) is 4.45. The fraction of sp³-hybridized carbons (Fsp3) is 0.304. The first-order valence-corrected chi connectivity index (χ1v) is 11.2. The minimum Gasteiger partial charge on any atom is -0.364 e. The maximum atomic E-state index is 15.2. The Morgan fingerprint density at radius 3 is 2.14 bits per heavy atom. The highest BCUT2D eigenvalue weighted by Gasteiger charge is 2.83. The predicted molar refractivity (Wildman–Crippen MR) is 118 cm³/mol. The van der Waals surface area contributed by atoms with Gasteiger partial charge >= 0.3 is 24.2 Å². The molecule has 1 N–H and O–H groups in total. The number of aromatic nitrogens is 1. The zero-order chi connectivity index (χ0) is 26.5. The highest BCUT2D eigenvalue weighted by molar-refractivity contribution is 7.14. The highest BCUT2D eigenvalue weighted by Crippen LogP contribution is 2.56. The lowest BCUT2D eigenvalue weighted by Gasteiger charge is -2.42. The first-order chi connectivity index (χ1) is 16.7. The van der Waals surface area contributed by atoms with Crippen LogP contribution in [0.3, 0.4) is 0 Å². The van der Waals surface area contributed by atoms with Crippen molar-refractivity contribution in [3.63, 3.8) is 0 Å². The van der Waals surface area contributed by atoms with Crippen LogP contribution in [0.25, 0.3) is 11.3 Å². The van der Waals surface area contributed by atoms with E-state index in [-0.39, 0.29) is 22.0 Å². The Kier molecular flexibility index (Phi) is 6.36. The Balaban J connectivity index is 1.83. The number of halogens is 8. The van der Waals surface area contributed by atoms with Gasteiger partial charge in [-0.05, 0) is 12.5 Å². The van der Waals surface area contributed by atoms with E-state index < -0.39 is 41.5 Å². The van der Waals surface area contributed by atoms with Crippen molar-refractivity contribution in [1.29, 1.82) is 0 Å². The lowest BCUT2D eigenvalue weighted by molar-refractivity contribution is -0.372. The SMILES string of the molecule is Cc1ccc(-c2csc(N3N=C(c4ccccc4)C[C@]3(O)C(F)(F)C(F)(F)C(F)(F)C(F)F)n2)cc1. The number of alkyl halides is 8. The monoisotopic (exact) mass is 535 g/mol. The van der Waals surface area contributed by atoms with Crippen molar-refractivity contribution in [3.8, 4) is 11.3 Å². The van der Waals surface area contributed by atoms with Gasteiger partial charge in [0.25, 0.3) is 0 Å². The minimum atomic E-state index is -6.65. The Hall–Kier alpha value is -3.06. The van der Waals surface area contributed by atoms with Gasteiger partial charge in [0.15, 0.2) is 0 Å².